The predicted octanol–water partition coefficient (Wildman–Crippen LogP) is 5.02. The smallest absolute Gasteiger partial charge is 0.119 e. The SMILES string of the molecule is Cc1cccc(COc2ccc(CNc3ccc(N4CCOCC4)cc3)cc2)c1. The number of morpholine rings is 1. The highest BCUT2D eigenvalue weighted by molar-refractivity contribution is 5.55. The van der Waals surface area contributed by atoms with Crippen LogP contribution < -0.4 is 15.0 Å². The van der Waals surface area contributed by atoms with E-state index < -0.39 is 0 Å². The van der Waals surface area contributed by atoms with Gasteiger partial charge in [0.2, 0.25) is 0 Å². The van der Waals surface area contributed by atoms with Crippen molar-refractivity contribution >= 4 is 11.4 Å². The summed E-state index contributed by atoms with van der Waals surface area (Å²) in [5.74, 6) is 0.894. The number of aryl methyl sites for hydroxylation is 1. The first-order chi connectivity index (χ1) is 14.3. The van der Waals surface area contributed by atoms with E-state index in [2.05, 4.69) is 77.8 Å². The Balaban J connectivity index is 1.26. The fourth-order valence-corrected chi connectivity index (χ4v) is 3.49. The Kier molecular flexibility index (Phi) is 6.32. The molecule has 3 aromatic carbocycles. The molecule has 0 aromatic heterocycles. The molecule has 0 spiro atoms. The van der Waals surface area contributed by atoms with E-state index in [4.69, 9.17) is 9.47 Å². The van der Waals surface area contributed by atoms with E-state index in [0.717, 1.165) is 44.3 Å². The van der Waals surface area contributed by atoms with Gasteiger partial charge in [-0.3, -0.25) is 0 Å². The molecule has 1 fully saturated rings. The molecule has 150 valence electrons. The van der Waals surface area contributed by atoms with Gasteiger partial charge in [0.25, 0.3) is 0 Å². The van der Waals surface area contributed by atoms with Gasteiger partial charge in [-0.2, -0.15) is 0 Å². The topological polar surface area (TPSA) is 33.7 Å². The summed E-state index contributed by atoms with van der Waals surface area (Å²) in [6.45, 7) is 7.02. The van der Waals surface area contributed by atoms with Crippen LogP contribution >= 0.6 is 0 Å². The van der Waals surface area contributed by atoms with Gasteiger partial charge in [-0.15, -0.1) is 0 Å². The maximum absolute atomic E-state index is 5.90. The van der Waals surface area contributed by atoms with Crippen LogP contribution in [0.2, 0.25) is 0 Å². The summed E-state index contributed by atoms with van der Waals surface area (Å²) >= 11 is 0. The van der Waals surface area contributed by atoms with Gasteiger partial charge in [-0.25, -0.2) is 0 Å². The van der Waals surface area contributed by atoms with Crippen molar-refractivity contribution in [1.82, 2.24) is 0 Å². The Morgan fingerprint density at radius 1 is 0.897 bits per heavy atom. The van der Waals surface area contributed by atoms with Crippen LogP contribution in [0.4, 0.5) is 11.4 Å². The minimum atomic E-state index is 0.592. The van der Waals surface area contributed by atoms with E-state index in [1.165, 1.54) is 22.4 Å². The minimum absolute atomic E-state index is 0.592. The van der Waals surface area contributed by atoms with Crippen molar-refractivity contribution in [3.8, 4) is 5.75 Å². The Hall–Kier alpha value is -2.98. The third kappa shape index (κ3) is 5.52. The van der Waals surface area contributed by atoms with Gasteiger partial charge in [-0.1, -0.05) is 42.0 Å². The summed E-state index contributed by atoms with van der Waals surface area (Å²) in [5.41, 5.74) is 6.06. The number of ether oxygens (including phenoxy) is 2. The van der Waals surface area contributed by atoms with Crippen molar-refractivity contribution in [2.75, 3.05) is 36.5 Å². The van der Waals surface area contributed by atoms with Gasteiger partial charge in [0.15, 0.2) is 0 Å². The van der Waals surface area contributed by atoms with Gasteiger partial charge >= 0.3 is 0 Å². The molecule has 0 atom stereocenters. The molecule has 0 unspecified atom stereocenters. The highest BCUT2D eigenvalue weighted by atomic mass is 16.5. The zero-order chi connectivity index (χ0) is 19.9. The third-order valence-electron chi connectivity index (χ3n) is 5.15. The summed E-state index contributed by atoms with van der Waals surface area (Å²) in [7, 11) is 0. The van der Waals surface area contributed by atoms with Crippen LogP contribution in [-0.4, -0.2) is 26.3 Å². The normalized spacial score (nSPS) is 13.9. The van der Waals surface area contributed by atoms with Gasteiger partial charge in [0.1, 0.15) is 12.4 Å². The van der Waals surface area contributed by atoms with Gasteiger partial charge in [0, 0.05) is 31.0 Å². The number of anilines is 2. The lowest BCUT2D eigenvalue weighted by Crippen LogP contribution is -2.36. The number of hydrogen-bond donors (Lipinski definition) is 1. The van der Waals surface area contributed by atoms with Gasteiger partial charge < -0.3 is 19.7 Å². The molecule has 0 bridgehead atoms. The van der Waals surface area contributed by atoms with E-state index in [1.807, 2.05) is 12.1 Å². The molecule has 1 heterocycles. The molecule has 1 aliphatic rings. The quantitative estimate of drug-likeness (QED) is 0.616. The maximum atomic E-state index is 5.90. The first-order valence-electron chi connectivity index (χ1n) is 10.2. The summed E-state index contributed by atoms with van der Waals surface area (Å²) < 4.78 is 11.3. The summed E-state index contributed by atoms with van der Waals surface area (Å²) in [6.07, 6.45) is 0. The number of benzene rings is 3. The molecule has 1 saturated heterocycles. The van der Waals surface area contributed by atoms with Crippen molar-refractivity contribution in [3.05, 3.63) is 89.5 Å². The average molecular weight is 389 g/mol. The Labute approximate surface area is 173 Å². The second-order valence-electron chi connectivity index (χ2n) is 7.42. The molecule has 29 heavy (non-hydrogen) atoms. The van der Waals surface area contributed by atoms with Gasteiger partial charge in [-0.05, 0) is 54.4 Å². The first kappa shape index (κ1) is 19.3. The van der Waals surface area contributed by atoms with Gasteiger partial charge in [0.05, 0.1) is 13.2 Å². The molecule has 3 aromatic rings. The van der Waals surface area contributed by atoms with Crippen LogP contribution in [0.1, 0.15) is 16.7 Å². The van der Waals surface area contributed by atoms with Crippen LogP contribution in [0.3, 0.4) is 0 Å². The van der Waals surface area contributed by atoms with E-state index >= 15 is 0 Å². The van der Waals surface area contributed by atoms with Crippen LogP contribution in [0.15, 0.2) is 72.8 Å². The molecule has 4 heteroatoms. The fraction of sp³-hybridized carbons (Fsp3) is 0.280. The van der Waals surface area contributed by atoms with Crippen LogP contribution in [0.5, 0.6) is 5.75 Å². The van der Waals surface area contributed by atoms with Crippen molar-refractivity contribution in [1.29, 1.82) is 0 Å². The number of nitrogens with one attached hydrogen (secondary N) is 1. The largest absolute Gasteiger partial charge is 0.489 e. The molecular weight excluding hydrogens is 360 g/mol. The number of nitrogens with zero attached hydrogens (tertiary/aromatic N) is 1. The molecule has 1 aliphatic heterocycles. The molecule has 0 amide bonds. The highest BCUT2D eigenvalue weighted by Gasteiger charge is 2.10. The summed E-state index contributed by atoms with van der Waals surface area (Å²) in [4.78, 5) is 2.36. The minimum Gasteiger partial charge on any atom is -0.489 e. The zero-order valence-corrected chi connectivity index (χ0v) is 16.9. The van der Waals surface area contributed by atoms with E-state index in [1.54, 1.807) is 0 Å². The summed E-state index contributed by atoms with van der Waals surface area (Å²) in [6, 6.07) is 25.3. The van der Waals surface area contributed by atoms with Crippen molar-refractivity contribution in [2.24, 2.45) is 0 Å². The molecule has 4 rings (SSSR count). The Bertz CT molecular complexity index is 901. The Morgan fingerprint density at radius 3 is 2.38 bits per heavy atom. The highest BCUT2D eigenvalue weighted by Crippen LogP contribution is 2.20. The second kappa shape index (κ2) is 9.48. The molecule has 1 N–H and O–H groups in total. The maximum Gasteiger partial charge on any atom is 0.119 e. The van der Waals surface area contributed by atoms with Crippen LogP contribution in [0.25, 0.3) is 0 Å². The van der Waals surface area contributed by atoms with Crippen LogP contribution in [-0.2, 0) is 17.9 Å². The molecule has 0 radical (unpaired) electrons. The molecule has 4 nitrogen and oxygen atoms in total. The van der Waals surface area contributed by atoms with Crippen LogP contribution in [0, 0.1) is 6.92 Å². The zero-order valence-electron chi connectivity index (χ0n) is 16.9. The Morgan fingerprint density at radius 2 is 1.66 bits per heavy atom. The van der Waals surface area contributed by atoms with E-state index in [9.17, 15) is 0 Å². The molecule has 0 aliphatic carbocycles. The van der Waals surface area contributed by atoms with E-state index in [0.29, 0.717) is 6.61 Å². The fourth-order valence-electron chi connectivity index (χ4n) is 3.49. The molecule has 0 saturated carbocycles. The second-order valence-corrected chi connectivity index (χ2v) is 7.42. The number of rotatable bonds is 7. The van der Waals surface area contributed by atoms with Crippen molar-refractivity contribution in [3.63, 3.8) is 0 Å². The third-order valence-corrected chi connectivity index (χ3v) is 5.15. The molecular formula is C25H28N2O2. The monoisotopic (exact) mass is 388 g/mol. The lowest BCUT2D eigenvalue weighted by atomic mass is 10.1. The summed E-state index contributed by atoms with van der Waals surface area (Å²) in [5, 5.41) is 3.49. The lowest BCUT2D eigenvalue weighted by Gasteiger charge is -2.28. The average Bonchev–Trinajstić information content (AvgIpc) is 2.78. The van der Waals surface area contributed by atoms with E-state index in [-0.39, 0.29) is 0 Å². The van der Waals surface area contributed by atoms with Crippen molar-refractivity contribution < 1.29 is 9.47 Å². The predicted molar refractivity (Wildman–Crippen MR) is 119 cm³/mol. The standard InChI is InChI=1S/C25H28N2O2/c1-20-3-2-4-22(17-20)19-29-25-11-5-21(6-12-25)18-26-23-7-9-24(10-8-23)27-13-15-28-16-14-27/h2-12,17,26H,13-16,18-19H2,1H3. The first-order valence-corrected chi connectivity index (χ1v) is 10.2. The number of hydrogen-bond acceptors (Lipinski definition) is 4. The van der Waals surface area contributed by atoms with Crippen molar-refractivity contribution in [2.45, 2.75) is 20.1 Å². The lowest BCUT2D eigenvalue weighted by molar-refractivity contribution is 0.122.